The lowest BCUT2D eigenvalue weighted by atomic mass is 10.0. The van der Waals surface area contributed by atoms with Gasteiger partial charge in [-0.2, -0.15) is 0 Å². The van der Waals surface area contributed by atoms with Crippen LogP contribution in [0.25, 0.3) is 10.9 Å². The summed E-state index contributed by atoms with van der Waals surface area (Å²) in [6.07, 6.45) is 1.98. The number of amides is 1. The van der Waals surface area contributed by atoms with Crippen LogP contribution < -0.4 is 10.9 Å². The van der Waals surface area contributed by atoms with Crippen LogP contribution in [0.3, 0.4) is 0 Å². The van der Waals surface area contributed by atoms with E-state index in [9.17, 15) is 19.7 Å². The van der Waals surface area contributed by atoms with Gasteiger partial charge in [-0.05, 0) is 25.0 Å². The fourth-order valence-electron chi connectivity index (χ4n) is 2.99. The maximum Gasteiger partial charge on any atom is 0.270 e. The zero-order chi connectivity index (χ0) is 20.3. The van der Waals surface area contributed by atoms with Crippen molar-refractivity contribution in [3.63, 3.8) is 0 Å². The highest BCUT2D eigenvalue weighted by atomic mass is 16.6. The molecule has 1 atom stereocenters. The zero-order valence-electron chi connectivity index (χ0n) is 15.6. The molecule has 0 saturated carbocycles. The van der Waals surface area contributed by atoms with Gasteiger partial charge in [-0.1, -0.05) is 36.8 Å². The Morgan fingerprint density at radius 3 is 2.61 bits per heavy atom. The highest BCUT2D eigenvalue weighted by Crippen LogP contribution is 2.18. The van der Waals surface area contributed by atoms with Gasteiger partial charge in [0.1, 0.15) is 6.54 Å². The number of hydrogen-bond acceptors (Lipinski definition) is 5. The fraction of sp³-hybridized carbons (Fsp3) is 0.250. The van der Waals surface area contributed by atoms with Crippen LogP contribution in [0, 0.1) is 17.0 Å². The van der Waals surface area contributed by atoms with E-state index < -0.39 is 10.5 Å². The molecule has 0 fully saturated rings. The Balaban J connectivity index is 1.82. The molecular formula is C20H20N4O4. The molecule has 2 aromatic carbocycles. The number of carbonyl (C=O) groups is 1. The van der Waals surface area contributed by atoms with Crippen molar-refractivity contribution in [1.82, 2.24) is 14.9 Å². The van der Waals surface area contributed by atoms with Gasteiger partial charge in [0, 0.05) is 12.1 Å². The zero-order valence-corrected chi connectivity index (χ0v) is 15.6. The minimum atomic E-state index is -0.573. The lowest BCUT2D eigenvalue weighted by molar-refractivity contribution is -0.384. The number of benzene rings is 2. The number of nitro groups is 1. The summed E-state index contributed by atoms with van der Waals surface area (Å²) in [5.41, 5.74) is 1.78. The molecule has 1 aromatic heterocycles. The summed E-state index contributed by atoms with van der Waals surface area (Å²) in [4.78, 5) is 39.6. The number of rotatable bonds is 6. The van der Waals surface area contributed by atoms with Crippen molar-refractivity contribution in [3.05, 3.63) is 80.4 Å². The minimum absolute atomic E-state index is 0.107. The molecule has 0 spiro atoms. The number of nitro benzene ring substituents is 1. The van der Waals surface area contributed by atoms with Gasteiger partial charge in [-0.15, -0.1) is 0 Å². The normalized spacial score (nSPS) is 11.9. The molecule has 0 unspecified atom stereocenters. The van der Waals surface area contributed by atoms with Crippen LogP contribution in [0.15, 0.2) is 53.6 Å². The maximum atomic E-state index is 12.6. The van der Waals surface area contributed by atoms with E-state index in [1.54, 1.807) is 0 Å². The molecule has 144 valence electrons. The predicted octanol–water partition coefficient (Wildman–Crippen LogP) is 2.88. The second-order valence-electron chi connectivity index (χ2n) is 6.58. The van der Waals surface area contributed by atoms with Crippen LogP contribution >= 0.6 is 0 Å². The minimum Gasteiger partial charge on any atom is -0.348 e. The summed E-state index contributed by atoms with van der Waals surface area (Å²) in [6, 6.07) is 11.6. The van der Waals surface area contributed by atoms with Crippen LogP contribution in [0.1, 0.15) is 30.5 Å². The van der Waals surface area contributed by atoms with E-state index in [1.807, 2.05) is 38.1 Å². The first-order valence-corrected chi connectivity index (χ1v) is 8.88. The summed E-state index contributed by atoms with van der Waals surface area (Å²) in [7, 11) is 0. The smallest absolute Gasteiger partial charge is 0.270 e. The van der Waals surface area contributed by atoms with E-state index in [0.29, 0.717) is 11.9 Å². The van der Waals surface area contributed by atoms with Crippen molar-refractivity contribution in [1.29, 1.82) is 0 Å². The molecule has 1 heterocycles. The molecule has 8 heteroatoms. The third-order valence-corrected chi connectivity index (χ3v) is 4.56. The van der Waals surface area contributed by atoms with Crippen molar-refractivity contribution in [3.8, 4) is 0 Å². The summed E-state index contributed by atoms with van der Waals surface area (Å²) >= 11 is 0. The number of aromatic nitrogens is 2. The molecular weight excluding hydrogens is 360 g/mol. The molecule has 0 bridgehead atoms. The lowest BCUT2D eigenvalue weighted by Gasteiger charge is -2.18. The number of fused-ring (bicyclic) bond motifs is 1. The van der Waals surface area contributed by atoms with E-state index in [-0.39, 0.29) is 29.6 Å². The van der Waals surface area contributed by atoms with Gasteiger partial charge in [0.15, 0.2) is 0 Å². The second-order valence-corrected chi connectivity index (χ2v) is 6.58. The number of aryl methyl sites for hydroxylation is 1. The molecule has 1 N–H and O–H groups in total. The molecule has 8 nitrogen and oxygen atoms in total. The summed E-state index contributed by atoms with van der Waals surface area (Å²) < 4.78 is 1.16. The topological polar surface area (TPSA) is 107 Å². The van der Waals surface area contributed by atoms with Crippen LogP contribution in [0.4, 0.5) is 5.69 Å². The third-order valence-electron chi connectivity index (χ3n) is 4.56. The van der Waals surface area contributed by atoms with Crippen molar-refractivity contribution >= 4 is 22.5 Å². The van der Waals surface area contributed by atoms with Crippen LogP contribution in [0.5, 0.6) is 0 Å². The van der Waals surface area contributed by atoms with Crippen molar-refractivity contribution in [2.45, 2.75) is 32.9 Å². The molecule has 1 amide bonds. The average molecular weight is 380 g/mol. The Bertz CT molecular complexity index is 1090. The van der Waals surface area contributed by atoms with Gasteiger partial charge in [0.05, 0.1) is 28.2 Å². The predicted molar refractivity (Wildman–Crippen MR) is 105 cm³/mol. The monoisotopic (exact) mass is 380 g/mol. The van der Waals surface area contributed by atoms with Gasteiger partial charge in [0.2, 0.25) is 5.91 Å². The summed E-state index contributed by atoms with van der Waals surface area (Å²) in [5, 5.41) is 14.0. The van der Waals surface area contributed by atoms with Crippen molar-refractivity contribution in [2.75, 3.05) is 0 Å². The molecule has 3 aromatic rings. The first kappa shape index (κ1) is 19.2. The molecule has 0 aliphatic heterocycles. The quantitative estimate of drug-likeness (QED) is 0.523. The first-order chi connectivity index (χ1) is 13.4. The van der Waals surface area contributed by atoms with E-state index in [2.05, 4.69) is 10.3 Å². The molecule has 0 aliphatic rings. The average Bonchev–Trinajstić information content (AvgIpc) is 2.69. The van der Waals surface area contributed by atoms with Gasteiger partial charge >= 0.3 is 0 Å². The maximum absolute atomic E-state index is 12.6. The largest absolute Gasteiger partial charge is 0.348 e. The molecule has 28 heavy (non-hydrogen) atoms. The number of carbonyl (C=O) groups excluding carboxylic acids is 1. The second kappa shape index (κ2) is 7.99. The van der Waals surface area contributed by atoms with Crippen molar-refractivity contribution < 1.29 is 9.72 Å². The van der Waals surface area contributed by atoms with Gasteiger partial charge in [0.25, 0.3) is 11.2 Å². The Kier molecular flexibility index (Phi) is 5.49. The Morgan fingerprint density at radius 2 is 1.96 bits per heavy atom. The van der Waals surface area contributed by atoms with Crippen LogP contribution in [0.2, 0.25) is 0 Å². The van der Waals surface area contributed by atoms with E-state index in [1.165, 1.54) is 24.5 Å². The van der Waals surface area contributed by atoms with Crippen LogP contribution in [-0.2, 0) is 11.3 Å². The van der Waals surface area contributed by atoms with E-state index in [4.69, 9.17) is 0 Å². The summed E-state index contributed by atoms with van der Waals surface area (Å²) in [6.45, 7) is 3.74. The molecule has 3 rings (SSSR count). The Labute approximate surface area is 161 Å². The number of hydrogen-bond donors (Lipinski definition) is 1. The number of non-ortho nitro benzene ring substituents is 1. The molecule has 0 radical (unpaired) electrons. The Morgan fingerprint density at radius 1 is 1.25 bits per heavy atom. The van der Waals surface area contributed by atoms with Gasteiger partial charge in [-0.25, -0.2) is 4.98 Å². The SMILES string of the molecule is CC[C@@H](NC(=O)Cn1cnc2ccc([N+](=O)[O-])cc2c1=O)c1ccc(C)cc1. The standard InChI is InChI=1S/C20H20N4O4/c1-3-17(14-6-4-13(2)5-7-14)22-19(25)11-23-12-21-18-9-8-15(24(27)28)10-16(18)20(23)26/h4-10,12,17H,3,11H2,1-2H3,(H,22,25)/t17-/m1/s1. The van der Waals surface area contributed by atoms with Gasteiger partial charge in [-0.3, -0.25) is 24.3 Å². The lowest BCUT2D eigenvalue weighted by Crippen LogP contribution is -2.34. The van der Waals surface area contributed by atoms with E-state index in [0.717, 1.165) is 15.7 Å². The molecule has 0 aliphatic carbocycles. The summed E-state index contributed by atoms with van der Waals surface area (Å²) in [5.74, 6) is -0.332. The highest BCUT2D eigenvalue weighted by Gasteiger charge is 2.15. The number of nitrogens with zero attached hydrogens (tertiary/aromatic N) is 3. The first-order valence-electron chi connectivity index (χ1n) is 8.88. The highest BCUT2D eigenvalue weighted by molar-refractivity contribution is 5.81. The third kappa shape index (κ3) is 4.06. The van der Waals surface area contributed by atoms with Crippen LogP contribution in [-0.4, -0.2) is 20.4 Å². The Hall–Kier alpha value is -3.55. The van der Waals surface area contributed by atoms with Gasteiger partial charge < -0.3 is 5.32 Å². The number of nitrogens with one attached hydrogen (secondary N) is 1. The van der Waals surface area contributed by atoms with E-state index >= 15 is 0 Å². The fourth-order valence-corrected chi connectivity index (χ4v) is 2.99. The molecule has 0 saturated heterocycles. The van der Waals surface area contributed by atoms with Crippen molar-refractivity contribution in [2.24, 2.45) is 0 Å².